The Morgan fingerprint density at radius 3 is 2.57 bits per heavy atom. The number of halogens is 2. The molecule has 0 fully saturated rings. The van der Waals surface area contributed by atoms with Crippen LogP contribution in [0.2, 0.25) is 5.02 Å². The van der Waals surface area contributed by atoms with Gasteiger partial charge in [-0.1, -0.05) is 49.7 Å². The molecule has 1 heterocycles. The molecule has 0 radical (unpaired) electrons. The van der Waals surface area contributed by atoms with Crippen molar-refractivity contribution < 1.29 is 14.0 Å². The van der Waals surface area contributed by atoms with Gasteiger partial charge in [0.05, 0.1) is 11.6 Å². The lowest BCUT2D eigenvalue weighted by Gasteiger charge is -2.29. The molecule has 3 rings (SSSR count). The minimum Gasteiger partial charge on any atom is -0.327 e. The molecule has 0 saturated heterocycles. The number of urea groups is 1. The number of rotatable bonds is 4. The van der Waals surface area contributed by atoms with Crippen LogP contribution in [0.3, 0.4) is 0 Å². The molecular formula is C21H21ClFN3O2. The molecule has 0 bridgehead atoms. The highest BCUT2D eigenvalue weighted by Crippen LogP contribution is 2.34. The van der Waals surface area contributed by atoms with Gasteiger partial charge < -0.3 is 16.0 Å². The number of benzene rings is 2. The third-order valence-electron chi connectivity index (χ3n) is 4.63. The zero-order chi connectivity index (χ0) is 20.4. The molecule has 0 saturated carbocycles. The first kappa shape index (κ1) is 19.9. The summed E-state index contributed by atoms with van der Waals surface area (Å²) in [7, 11) is 0. The first-order valence-corrected chi connectivity index (χ1v) is 9.29. The summed E-state index contributed by atoms with van der Waals surface area (Å²) >= 11 is 6.19. The van der Waals surface area contributed by atoms with Gasteiger partial charge in [0, 0.05) is 22.0 Å². The van der Waals surface area contributed by atoms with Gasteiger partial charge in [-0.2, -0.15) is 0 Å². The van der Waals surface area contributed by atoms with Crippen LogP contribution in [0.1, 0.15) is 43.9 Å². The van der Waals surface area contributed by atoms with Gasteiger partial charge in [-0.15, -0.1) is 0 Å². The maximum atomic E-state index is 14.5. The van der Waals surface area contributed by atoms with Gasteiger partial charge in [0.1, 0.15) is 5.82 Å². The van der Waals surface area contributed by atoms with E-state index >= 15 is 0 Å². The molecule has 5 nitrogen and oxygen atoms in total. The van der Waals surface area contributed by atoms with Gasteiger partial charge in [-0.25, -0.2) is 9.18 Å². The first-order valence-electron chi connectivity index (χ1n) is 8.92. The lowest BCUT2D eigenvalue weighted by atomic mass is 9.94. The quantitative estimate of drug-likeness (QED) is 0.684. The number of anilines is 1. The molecule has 0 unspecified atom stereocenters. The predicted octanol–water partition coefficient (Wildman–Crippen LogP) is 4.87. The molecule has 3 N–H and O–H groups in total. The molecule has 0 spiro atoms. The van der Waals surface area contributed by atoms with Crippen LogP contribution < -0.4 is 16.0 Å². The van der Waals surface area contributed by atoms with E-state index in [4.69, 9.17) is 11.6 Å². The Balaban J connectivity index is 2.03. The van der Waals surface area contributed by atoms with E-state index in [0.29, 0.717) is 11.4 Å². The van der Waals surface area contributed by atoms with Crippen molar-refractivity contribution >= 4 is 29.2 Å². The minimum absolute atomic E-state index is 0.0562. The molecule has 3 amide bonds. The van der Waals surface area contributed by atoms with Crippen LogP contribution in [-0.4, -0.2) is 11.9 Å². The van der Waals surface area contributed by atoms with E-state index in [-0.39, 0.29) is 22.1 Å². The Labute approximate surface area is 168 Å². The topological polar surface area (TPSA) is 70.2 Å². The van der Waals surface area contributed by atoms with E-state index in [9.17, 15) is 14.0 Å². The standard InChI is InChI=1S/C21H21ClFN3O2/c1-11(2)13-7-4-5-10-16(13)25-20(27)17-12(3)24-21(28)26-19(17)18-14(22)8-6-9-15(18)23/h4-11,19H,1-3H3,(H,25,27)(H2,24,26,28)/t19-/m1/s1. The molecule has 0 aliphatic carbocycles. The summed E-state index contributed by atoms with van der Waals surface area (Å²) in [5, 5.41) is 8.21. The molecule has 2 aromatic carbocycles. The van der Waals surface area contributed by atoms with Crippen molar-refractivity contribution in [3.63, 3.8) is 0 Å². The molecule has 7 heteroatoms. The smallest absolute Gasteiger partial charge is 0.319 e. The Morgan fingerprint density at radius 1 is 1.18 bits per heavy atom. The van der Waals surface area contributed by atoms with Crippen LogP contribution in [0.4, 0.5) is 14.9 Å². The van der Waals surface area contributed by atoms with Crippen molar-refractivity contribution in [3.05, 3.63) is 75.7 Å². The van der Waals surface area contributed by atoms with E-state index in [0.717, 1.165) is 5.56 Å². The summed E-state index contributed by atoms with van der Waals surface area (Å²) in [4.78, 5) is 25.1. The average Bonchev–Trinajstić information content (AvgIpc) is 2.61. The Kier molecular flexibility index (Phi) is 5.70. The van der Waals surface area contributed by atoms with E-state index in [1.165, 1.54) is 18.2 Å². The molecule has 1 atom stereocenters. The second-order valence-electron chi connectivity index (χ2n) is 6.90. The predicted molar refractivity (Wildman–Crippen MR) is 108 cm³/mol. The van der Waals surface area contributed by atoms with Crippen LogP contribution in [0.25, 0.3) is 0 Å². The molecule has 146 valence electrons. The fourth-order valence-corrected chi connectivity index (χ4v) is 3.57. The number of para-hydroxylation sites is 1. The third kappa shape index (κ3) is 3.87. The monoisotopic (exact) mass is 401 g/mol. The Morgan fingerprint density at radius 2 is 1.89 bits per heavy atom. The molecule has 1 aliphatic heterocycles. The Bertz CT molecular complexity index is 952. The van der Waals surface area contributed by atoms with Crippen molar-refractivity contribution in [1.29, 1.82) is 0 Å². The lowest BCUT2D eigenvalue weighted by molar-refractivity contribution is -0.113. The van der Waals surface area contributed by atoms with Gasteiger partial charge >= 0.3 is 6.03 Å². The summed E-state index contributed by atoms with van der Waals surface area (Å²) < 4.78 is 14.5. The van der Waals surface area contributed by atoms with Gasteiger partial charge in [0.2, 0.25) is 0 Å². The number of nitrogens with one attached hydrogen (secondary N) is 3. The second kappa shape index (κ2) is 8.02. The average molecular weight is 402 g/mol. The highest BCUT2D eigenvalue weighted by atomic mass is 35.5. The SMILES string of the molecule is CC1=C(C(=O)Nc2ccccc2C(C)C)[C@H](c2c(F)cccc2Cl)NC(=O)N1. The van der Waals surface area contributed by atoms with Crippen LogP contribution >= 0.6 is 11.6 Å². The van der Waals surface area contributed by atoms with Crippen LogP contribution in [0.15, 0.2) is 53.7 Å². The van der Waals surface area contributed by atoms with Crippen molar-refractivity contribution in [3.8, 4) is 0 Å². The van der Waals surface area contributed by atoms with Crippen molar-refractivity contribution in [1.82, 2.24) is 10.6 Å². The Hall–Kier alpha value is -2.86. The molecule has 2 aromatic rings. The van der Waals surface area contributed by atoms with Crippen molar-refractivity contribution in [2.45, 2.75) is 32.7 Å². The fraction of sp³-hybridized carbons (Fsp3) is 0.238. The van der Waals surface area contributed by atoms with E-state index in [1.807, 2.05) is 38.1 Å². The molecule has 28 heavy (non-hydrogen) atoms. The number of hydrogen-bond donors (Lipinski definition) is 3. The maximum Gasteiger partial charge on any atom is 0.319 e. The highest BCUT2D eigenvalue weighted by Gasteiger charge is 2.34. The van der Waals surface area contributed by atoms with Crippen LogP contribution in [0, 0.1) is 5.82 Å². The lowest BCUT2D eigenvalue weighted by Crippen LogP contribution is -2.46. The fourth-order valence-electron chi connectivity index (χ4n) is 3.30. The largest absolute Gasteiger partial charge is 0.327 e. The van der Waals surface area contributed by atoms with E-state index in [1.54, 1.807) is 6.92 Å². The van der Waals surface area contributed by atoms with Gasteiger partial charge in [0.15, 0.2) is 0 Å². The van der Waals surface area contributed by atoms with Crippen molar-refractivity contribution in [2.75, 3.05) is 5.32 Å². The number of hydrogen-bond acceptors (Lipinski definition) is 2. The first-order chi connectivity index (χ1) is 13.3. The molecule has 0 aromatic heterocycles. The van der Waals surface area contributed by atoms with Gasteiger partial charge in [-0.05, 0) is 36.6 Å². The highest BCUT2D eigenvalue weighted by molar-refractivity contribution is 6.31. The zero-order valence-corrected chi connectivity index (χ0v) is 16.5. The van der Waals surface area contributed by atoms with E-state index < -0.39 is 23.8 Å². The number of amides is 3. The third-order valence-corrected chi connectivity index (χ3v) is 4.96. The summed E-state index contributed by atoms with van der Waals surface area (Å²) in [6, 6.07) is 10.2. The molecule has 1 aliphatic rings. The zero-order valence-electron chi connectivity index (χ0n) is 15.8. The number of allylic oxidation sites excluding steroid dienone is 1. The van der Waals surface area contributed by atoms with Crippen LogP contribution in [0.5, 0.6) is 0 Å². The molecular weight excluding hydrogens is 381 g/mol. The van der Waals surface area contributed by atoms with Gasteiger partial charge in [-0.3, -0.25) is 4.79 Å². The summed E-state index contributed by atoms with van der Waals surface area (Å²) in [6.07, 6.45) is 0. The normalized spacial score (nSPS) is 16.6. The van der Waals surface area contributed by atoms with Gasteiger partial charge in [0.25, 0.3) is 5.91 Å². The summed E-state index contributed by atoms with van der Waals surface area (Å²) in [5.74, 6) is -0.838. The summed E-state index contributed by atoms with van der Waals surface area (Å²) in [5.41, 5.74) is 2.24. The second-order valence-corrected chi connectivity index (χ2v) is 7.31. The number of carbonyl (C=O) groups is 2. The number of carbonyl (C=O) groups excluding carboxylic acids is 2. The van der Waals surface area contributed by atoms with Crippen molar-refractivity contribution in [2.24, 2.45) is 0 Å². The minimum atomic E-state index is -1.01. The van der Waals surface area contributed by atoms with Crippen LogP contribution in [-0.2, 0) is 4.79 Å². The summed E-state index contributed by atoms with van der Waals surface area (Å²) in [6.45, 7) is 5.66. The maximum absolute atomic E-state index is 14.5. The van der Waals surface area contributed by atoms with E-state index in [2.05, 4.69) is 16.0 Å².